The van der Waals surface area contributed by atoms with Gasteiger partial charge in [0.05, 0.1) is 22.8 Å². The molecule has 0 bridgehead atoms. The summed E-state index contributed by atoms with van der Waals surface area (Å²) in [4.78, 5) is 29.7. The van der Waals surface area contributed by atoms with E-state index >= 15 is 0 Å². The molecule has 218 valence electrons. The lowest BCUT2D eigenvalue weighted by Gasteiger charge is -2.12. The van der Waals surface area contributed by atoms with Crippen LogP contribution in [0.5, 0.6) is 11.5 Å². The zero-order chi connectivity index (χ0) is 30.8. The zero-order valence-corrected chi connectivity index (χ0v) is 28.0. The number of halogens is 6. The highest BCUT2D eigenvalue weighted by Gasteiger charge is 2.23. The number of aromatic amines is 1. The maximum atomic E-state index is 13.5. The quantitative estimate of drug-likeness (QED) is 0.0744. The fourth-order valence-corrected chi connectivity index (χ4v) is 6.67. The molecular formula is C30H17Br2Cl4N3O4. The van der Waals surface area contributed by atoms with E-state index in [-0.39, 0.29) is 17.0 Å². The number of hydrogen-bond donors (Lipinski definition) is 2. The van der Waals surface area contributed by atoms with Crippen molar-refractivity contribution in [2.75, 3.05) is 7.11 Å². The molecule has 7 nitrogen and oxygen atoms in total. The monoisotopic (exact) mass is 781 g/mol. The van der Waals surface area contributed by atoms with Crippen molar-refractivity contribution in [3.8, 4) is 22.6 Å². The van der Waals surface area contributed by atoms with Gasteiger partial charge in [0.25, 0.3) is 5.91 Å². The highest BCUT2D eigenvalue weighted by Crippen LogP contribution is 2.41. The lowest BCUT2D eigenvalue weighted by Crippen LogP contribution is -2.19. The minimum atomic E-state index is -0.709. The van der Waals surface area contributed by atoms with Crippen LogP contribution in [0.2, 0.25) is 20.1 Å². The molecule has 1 heterocycles. The van der Waals surface area contributed by atoms with Gasteiger partial charge in [0.15, 0.2) is 5.75 Å². The molecule has 0 saturated heterocycles. The summed E-state index contributed by atoms with van der Waals surface area (Å²) < 4.78 is 12.1. The molecular weight excluding hydrogens is 768 g/mol. The SMILES string of the molecule is COc1ccc(Cl)cc1C(=O)Oc1c(Br)cc(Br)cc1C=NNC(=O)c1[nH]c2cc(Cl)cc(Cl)c2c1-c1ccccc1Cl. The Balaban J connectivity index is 1.48. The minimum absolute atomic E-state index is 0.130. The zero-order valence-electron chi connectivity index (χ0n) is 21.8. The summed E-state index contributed by atoms with van der Waals surface area (Å²) in [5.41, 5.74) is 4.81. The van der Waals surface area contributed by atoms with Crippen molar-refractivity contribution in [1.29, 1.82) is 0 Å². The number of carbonyl (C=O) groups excluding carboxylic acids is 2. The number of esters is 1. The van der Waals surface area contributed by atoms with Gasteiger partial charge in [-0.1, -0.05) is 80.5 Å². The first-order valence-corrected chi connectivity index (χ1v) is 15.3. The molecule has 0 unspecified atom stereocenters. The molecule has 1 amide bonds. The number of carbonyl (C=O) groups is 2. The molecule has 4 aromatic carbocycles. The van der Waals surface area contributed by atoms with E-state index in [0.29, 0.717) is 62.4 Å². The van der Waals surface area contributed by atoms with E-state index in [1.165, 1.54) is 19.4 Å². The van der Waals surface area contributed by atoms with Crippen LogP contribution in [0.1, 0.15) is 26.4 Å². The highest BCUT2D eigenvalue weighted by molar-refractivity contribution is 9.11. The normalized spacial score (nSPS) is 11.2. The van der Waals surface area contributed by atoms with Gasteiger partial charge in [-0.25, -0.2) is 10.2 Å². The first-order chi connectivity index (χ1) is 20.6. The van der Waals surface area contributed by atoms with Crippen LogP contribution in [-0.2, 0) is 0 Å². The topological polar surface area (TPSA) is 92.8 Å². The Morgan fingerprint density at radius 3 is 2.44 bits per heavy atom. The van der Waals surface area contributed by atoms with Crippen molar-refractivity contribution < 1.29 is 19.1 Å². The number of fused-ring (bicyclic) bond motifs is 1. The molecule has 0 fully saturated rings. The molecule has 0 atom stereocenters. The van der Waals surface area contributed by atoms with Gasteiger partial charge in [-0.3, -0.25) is 4.79 Å². The third-order valence-corrected chi connectivity index (χ3v) is 8.30. The second-order valence-electron chi connectivity index (χ2n) is 8.90. The molecule has 0 spiro atoms. The summed E-state index contributed by atoms with van der Waals surface area (Å²) in [6.07, 6.45) is 1.34. The second-order valence-corrected chi connectivity index (χ2v) is 12.4. The maximum absolute atomic E-state index is 13.5. The summed E-state index contributed by atoms with van der Waals surface area (Å²) in [7, 11) is 1.43. The Morgan fingerprint density at radius 1 is 0.930 bits per heavy atom. The van der Waals surface area contributed by atoms with Crippen molar-refractivity contribution in [2.45, 2.75) is 0 Å². The fraction of sp³-hybridized carbons (Fsp3) is 0.0333. The van der Waals surface area contributed by atoms with Crippen LogP contribution in [0, 0.1) is 0 Å². The van der Waals surface area contributed by atoms with Gasteiger partial charge < -0.3 is 14.5 Å². The van der Waals surface area contributed by atoms with Crippen LogP contribution in [-0.4, -0.2) is 30.2 Å². The van der Waals surface area contributed by atoms with Gasteiger partial charge in [-0.15, -0.1) is 0 Å². The molecule has 0 radical (unpaired) electrons. The molecule has 0 aliphatic carbocycles. The van der Waals surface area contributed by atoms with Gasteiger partial charge in [0, 0.05) is 47.1 Å². The van der Waals surface area contributed by atoms with E-state index in [1.54, 1.807) is 60.7 Å². The number of nitrogens with one attached hydrogen (secondary N) is 2. The van der Waals surface area contributed by atoms with Crippen molar-refractivity contribution in [3.63, 3.8) is 0 Å². The van der Waals surface area contributed by atoms with Gasteiger partial charge in [-0.2, -0.15) is 5.10 Å². The van der Waals surface area contributed by atoms with Crippen LogP contribution in [0.4, 0.5) is 0 Å². The van der Waals surface area contributed by atoms with Crippen molar-refractivity contribution in [1.82, 2.24) is 10.4 Å². The average molecular weight is 785 g/mol. The number of benzene rings is 4. The first kappa shape index (κ1) is 31.4. The molecule has 0 aliphatic rings. The molecule has 5 rings (SSSR count). The maximum Gasteiger partial charge on any atom is 0.347 e. The highest BCUT2D eigenvalue weighted by atomic mass is 79.9. The van der Waals surface area contributed by atoms with Crippen molar-refractivity contribution >= 4 is 107 Å². The summed E-state index contributed by atoms with van der Waals surface area (Å²) in [5.74, 6) is -0.846. The molecule has 1 aromatic heterocycles. The lowest BCUT2D eigenvalue weighted by atomic mass is 10.0. The van der Waals surface area contributed by atoms with E-state index in [4.69, 9.17) is 55.9 Å². The standard InChI is InChI=1S/C30H17Br2Cl4N3O4/c1-42-24-7-6-16(33)10-19(24)30(41)43-28-14(8-15(31)9-20(28)32)13-37-39-29(40)27-25(18-4-2-3-5-21(18)35)26-22(36)11-17(34)12-23(26)38-27/h2-13,38H,1H3,(H,39,40). The molecule has 5 aromatic rings. The van der Waals surface area contributed by atoms with Crippen LogP contribution in [0.25, 0.3) is 22.0 Å². The number of ether oxygens (including phenoxy) is 2. The average Bonchev–Trinajstić information content (AvgIpc) is 3.34. The van der Waals surface area contributed by atoms with E-state index in [0.717, 1.165) is 0 Å². The number of methoxy groups -OCH3 is 1. The number of amides is 1. The second kappa shape index (κ2) is 13.3. The minimum Gasteiger partial charge on any atom is -0.496 e. The van der Waals surface area contributed by atoms with Gasteiger partial charge in [0.1, 0.15) is 17.0 Å². The number of nitrogens with zero attached hydrogens (tertiary/aromatic N) is 1. The molecule has 2 N–H and O–H groups in total. The number of rotatable bonds is 7. The summed E-state index contributed by atoms with van der Waals surface area (Å²) >= 11 is 32.2. The Labute approximate surface area is 282 Å². The smallest absolute Gasteiger partial charge is 0.347 e. The lowest BCUT2D eigenvalue weighted by molar-refractivity contribution is 0.0729. The first-order valence-electron chi connectivity index (χ1n) is 12.2. The van der Waals surface area contributed by atoms with Crippen molar-refractivity contribution in [2.24, 2.45) is 5.10 Å². The van der Waals surface area contributed by atoms with Crippen LogP contribution in [0.3, 0.4) is 0 Å². The van der Waals surface area contributed by atoms with Crippen LogP contribution < -0.4 is 14.9 Å². The van der Waals surface area contributed by atoms with Crippen LogP contribution >= 0.6 is 78.3 Å². The fourth-order valence-electron chi connectivity index (χ4n) is 4.34. The summed E-state index contributed by atoms with van der Waals surface area (Å²) in [5, 5.41) is 6.22. The number of H-pyrrole nitrogens is 1. The molecule has 13 heteroatoms. The third-order valence-electron chi connectivity index (χ3n) is 6.17. The molecule has 0 aliphatic heterocycles. The third kappa shape index (κ3) is 6.72. The predicted octanol–water partition coefficient (Wildman–Crippen LogP) is 9.97. The van der Waals surface area contributed by atoms with Gasteiger partial charge in [-0.05, 0) is 64.5 Å². The van der Waals surface area contributed by atoms with E-state index < -0.39 is 11.9 Å². The number of hydrogen-bond acceptors (Lipinski definition) is 5. The van der Waals surface area contributed by atoms with Crippen molar-refractivity contribution in [3.05, 3.63) is 113 Å². The predicted molar refractivity (Wildman–Crippen MR) is 179 cm³/mol. The Bertz CT molecular complexity index is 1950. The summed E-state index contributed by atoms with van der Waals surface area (Å²) in [6.45, 7) is 0. The molecule has 43 heavy (non-hydrogen) atoms. The Hall–Kier alpha value is -3.05. The molecule has 0 saturated carbocycles. The Kier molecular flexibility index (Phi) is 9.70. The van der Waals surface area contributed by atoms with E-state index in [9.17, 15) is 9.59 Å². The van der Waals surface area contributed by atoms with E-state index in [1.807, 2.05) is 0 Å². The number of aromatic nitrogens is 1. The van der Waals surface area contributed by atoms with Crippen LogP contribution in [0.15, 0.2) is 80.8 Å². The number of hydrazone groups is 1. The summed E-state index contributed by atoms with van der Waals surface area (Å²) in [6, 6.07) is 18.3. The van der Waals surface area contributed by atoms with Gasteiger partial charge >= 0.3 is 5.97 Å². The Morgan fingerprint density at radius 2 is 1.70 bits per heavy atom. The largest absolute Gasteiger partial charge is 0.496 e. The van der Waals surface area contributed by atoms with E-state index in [2.05, 4.69) is 47.4 Å². The van der Waals surface area contributed by atoms with Gasteiger partial charge in [0.2, 0.25) is 0 Å².